The molecule has 0 nitrogen and oxygen atoms in total. The molecule has 0 fully saturated rings. The van der Waals surface area contributed by atoms with E-state index in [0.717, 1.165) is 25.6 Å². The lowest BCUT2D eigenvalue weighted by Gasteiger charge is -1.99. The minimum atomic E-state index is 1.12. The Morgan fingerprint density at radius 2 is 1.55 bits per heavy atom. The Morgan fingerprint density at radius 1 is 0.850 bits per heavy atom. The van der Waals surface area contributed by atoms with Gasteiger partial charge in [-0.1, -0.05) is 84.1 Å². The molecule has 20 heavy (non-hydrogen) atoms. The number of rotatable bonds is 7. The first-order valence-corrected chi connectivity index (χ1v) is 7.43. The summed E-state index contributed by atoms with van der Waals surface area (Å²) in [6, 6.07) is 19.4. The summed E-state index contributed by atoms with van der Waals surface area (Å²) >= 11 is 0. The van der Waals surface area contributed by atoms with Crippen LogP contribution in [0.1, 0.15) is 24.0 Å². The van der Waals surface area contributed by atoms with E-state index >= 15 is 0 Å². The average Bonchev–Trinajstić information content (AvgIpc) is 2.49. The van der Waals surface area contributed by atoms with Crippen LogP contribution in [0, 0.1) is 6.92 Å². The fourth-order valence-corrected chi connectivity index (χ4v) is 2.18. The topological polar surface area (TPSA) is 0 Å². The van der Waals surface area contributed by atoms with E-state index in [1.165, 1.54) is 16.6 Å². The van der Waals surface area contributed by atoms with Crippen LogP contribution in [0.2, 0.25) is 6.32 Å². The van der Waals surface area contributed by atoms with Gasteiger partial charge in [0, 0.05) is 0 Å². The molecule has 0 bridgehead atoms. The molecule has 0 N–H and O–H groups in total. The van der Waals surface area contributed by atoms with E-state index in [0.29, 0.717) is 0 Å². The summed E-state index contributed by atoms with van der Waals surface area (Å²) in [6.07, 6.45) is 9.12. The van der Waals surface area contributed by atoms with Gasteiger partial charge in [-0.25, -0.2) is 0 Å². The number of aryl methyl sites for hydroxylation is 2. The molecule has 0 unspecified atom stereocenters. The summed E-state index contributed by atoms with van der Waals surface area (Å²) in [5, 5.41) is 0. The second-order valence-electron chi connectivity index (χ2n) is 5.19. The highest BCUT2D eigenvalue weighted by Gasteiger charge is 1.93. The Kier molecular flexibility index (Phi) is 6.17. The fraction of sp³-hybridized carbons (Fsp3) is 0.263. The zero-order valence-corrected chi connectivity index (χ0v) is 12.3. The van der Waals surface area contributed by atoms with Crippen LogP contribution in [0.3, 0.4) is 0 Å². The first-order valence-electron chi connectivity index (χ1n) is 7.43. The van der Waals surface area contributed by atoms with Crippen LogP contribution in [0.25, 0.3) is 0 Å². The Hall–Kier alpha value is -1.76. The van der Waals surface area contributed by atoms with Crippen molar-refractivity contribution >= 4 is 12.7 Å². The minimum Gasteiger partial charge on any atom is -0.0892 e. The van der Waals surface area contributed by atoms with Gasteiger partial charge in [-0.15, -0.1) is 0 Å². The van der Waals surface area contributed by atoms with Gasteiger partial charge in [0.25, 0.3) is 0 Å². The molecule has 1 radical (unpaired) electrons. The quantitative estimate of drug-likeness (QED) is 0.395. The van der Waals surface area contributed by atoms with Crippen LogP contribution in [-0.4, -0.2) is 7.28 Å². The average molecular weight is 261 g/mol. The molecular weight excluding hydrogens is 239 g/mol. The monoisotopic (exact) mass is 261 g/mol. The second-order valence-corrected chi connectivity index (χ2v) is 5.19. The van der Waals surface area contributed by atoms with E-state index in [2.05, 4.69) is 81.0 Å². The second kappa shape index (κ2) is 8.42. The summed E-state index contributed by atoms with van der Waals surface area (Å²) in [7, 11) is 2.30. The maximum Gasteiger partial charge on any atom is 0.151 e. The van der Waals surface area contributed by atoms with Crippen molar-refractivity contribution in [2.45, 2.75) is 32.5 Å². The Morgan fingerprint density at radius 3 is 2.30 bits per heavy atom. The molecule has 1 heteroatoms. The predicted octanol–water partition coefficient (Wildman–Crippen LogP) is 4.32. The molecule has 0 aliphatic rings. The zero-order valence-electron chi connectivity index (χ0n) is 12.3. The van der Waals surface area contributed by atoms with Crippen LogP contribution in [0.4, 0.5) is 0 Å². The number of hydrogen-bond donors (Lipinski definition) is 0. The first kappa shape index (κ1) is 14.6. The van der Waals surface area contributed by atoms with Gasteiger partial charge in [-0.05, 0) is 31.7 Å². The molecule has 0 aliphatic carbocycles. The zero-order chi connectivity index (χ0) is 14.0. The smallest absolute Gasteiger partial charge is 0.0892 e. The Labute approximate surface area is 123 Å². The first-order chi connectivity index (χ1) is 9.84. The minimum absolute atomic E-state index is 1.12. The molecule has 2 rings (SSSR count). The van der Waals surface area contributed by atoms with Gasteiger partial charge >= 0.3 is 0 Å². The number of benzene rings is 2. The van der Waals surface area contributed by atoms with Gasteiger partial charge < -0.3 is 0 Å². The van der Waals surface area contributed by atoms with Crippen molar-refractivity contribution in [1.29, 1.82) is 0 Å². The third-order valence-corrected chi connectivity index (χ3v) is 3.40. The molecule has 0 heterocycles. The highest BCUT2D eigenvalue weighted by Crippen LogP contribution is 2.06. The summed E-state index contributed by atoms with van der Waals surface area (Å²) < 4.78 is 0. The van der Waals surface area contributed by atoms with Gasteiger partial charge in [0.05, 0.1) is 0 Å². The highest BCUT2D eigenvalue weighted by molar-refractivity contribution is 6.53. The summed E-state index contributed by atoms with van der Waals surface area (Å²) in [6.45, 7) is 2.13. The maximum atomic E-state index is 2.30. The molecule has 0 saturated heterocycles. The van der Waals surface area contributed by atoms with Crippen LogP contribution >= 0.6 is 0 Å². The summed E-state index contributed by atoms with van der Waals surface area (Å²) in [5.41, 5.74) is 4.08. The van der Waals surface area contributed by atoms with Crippen LogP contribution in [0.5, 0.6) is 0 Å². The lowest BCUT2D eigenvalue weighted by atomic mass is 9.66. The number of allylic oxidation sites excluding steroid dienone is 2. The molecule has 0 spiro atoms. The van der Waals surface area contributed by atoms with E-state index in [9.17, 15) is 0 Å². The van der Waals surface area contributed by atoms with Gasteiger partial charge in [0.15, 0.2) is 7.28 Å². The van der Waals surface area contributed by atoms with Crippen LogP contribution in [-0.2, 0) is 6.42 Å². The van der Waals surface area contributed by atoms with Crippen molar-refractivity contribution in [1.82, 2.24) is 0 Å². The van der Waals surface area contributed by atoms with E-state index in [1.54, 1.807) is 0 Å². The van der Waals surface area contributed by atoms with Gasteiger partial charge in [-0.2, -0.15) is 0 Å². The largest absolute Gasteiger partial charge is 0.151 e. The third-order valence-electron chi connectivity index (χ3n) is 3.40. The Balaban J connectivity index is 1.59. The van der Waals surface area contributed by atoms with Crippen molar-refractivity contribution in [3.05, 3.63) is 77.9 Å². The standard InChI is InChI=1S/C19H22B/c1-17-12-14-18(15-13-17)9-5-2-3-8-16-20-19-10-6-4-7-11-19/h2-4,6-7,10-15H,5,8-9,16H2,1H3. The van der Waals surface area contributed by atoms with Crippen molar-refractivity contribution in [3.63, 3.8) is 0 Å². The lowest BCUT2D eigenvalue weighted by molar-refractivity contribution is 0.990. The highest BCUT2D eigenvalue weighted by atomic mass is 14.0. The molecular formula is C19H22B. The predicted molar refractivity (Wildman–Crippen MR) is 89.9 cm³/mol. The van der Waals surface area contributed by atoms with E-state index in [4.69, 9.17) is 0 Å². The molecule has 0 aliphatic heterocycles. The van der Waals surface area contributed by atoms with Gasteiger partial charge in [0.1, 0.15) is 0 Å². The van der Waals surface area contributed by atoms with Gasteiger partial charge in [-0.3, -0.25) is 0 Å². The van der Waals surface area contributed by atoms with E-state index in [-0.39, 0.29) is 0 Å². The molecule has 0 atom stereocenters. The van der Waals surface area contributed by atoms with E-state index < -0.39 is 0 Å². The normalized spacial score (nSPS) is 10.8. The molecule has 2 aromatic rings. The SMILES string of the molecule is Cc1ccc(CCC=CCC[B]c2ccccc2)cc1. The lowest BCUT2D eigenvalue weighted by Crippen LogP contribution is -2.11. The summed E-state index contributed by atoms with van der Waals surface area (Å²) in [4.78, 5) is 0. The summed E-state index contributed by atoms with van der Waals surface area (Å²) in [5.74, 6) is 0. The van der Waals surface area contributed by atoms with E-state index in [1.807, 2.05) is 0 Å². The Bertz CT molecular complexity index is 511. The third kappa shape index (κ3) is 5.48. The molecule has 2 aromatic carbocycles. The number of hydrogen-bond acceptors (Lipinski definition) is 0. The van der Waals surface area contributed by atoms with Crippen LogP contribution in [0.15, 0.2) is 66.7 Å². The van der Waals surface area contributed by atoms with Gasteiger partial charge in [0.2, 0.25) is 0 Å². The molecule has 101 valence electrons. The van der Waals surface area contributed by atoms with Crippen molar-refractivity contribution in [2.24, 2.45) is 0 Å². The molecule has 0 aromatic heterocycles. The molecule has 0 amide bonds. The fourth-order valence-electron chi connectivity index (χ4n) is 2.18. The van der Waals surface area contributed by atoms with Crippen molar-refractivity contribution in [2.75, 3.05) is 0 Å². The maximum absolute atomic E-state index is 2.30. The van der Waals surface area contributed by atoms with Crippen LogP contribution < -0.4 is 5.46 Å². The molecule has 0 saturated carbocycles. The van der Waals surface area contributed by atoms with Crippen molar-refractivity contribution in [3.8, 4) is 0 Å². The van der Waals surface area contributed by atoms with Crippen molar-refractivity contribution < 1.29 is 0 Å².